The van der Waals surface area contributed by atoms with E-state index in [1.165, 1.54) is 0 Å². The Morgan fingerprint density at radius 2 is 1.96 bits per heavy atom. The average molecular weight is 315 g/mol. The molecule has 0 atom stereocenters. The summed E-state index contributed by atoms with van der Waals surface area (Å²) in [6.07, 6.45) is 10.3. The lowest BCUT2D eigenvalue weighted by molar-refractivity contribution is -0.151. The standard InChI is InChI=1S/C16H21N5O2/c1-12-17-8-13(9-18-12)10-21-11-14(19-20-21)7-16(15(22)23)5-3-2-4-6-16/h8-9,11H,2-7,10H2,1H3,(H,22,23). The van der Waals surface area contributed by atoms with Gasteiger partial charge in [0.2, 0.25) is 0 Å². The molecular formula is C16H21N5O2. The van der Waals surface area contributed by atoms with Crippen molar-refractivity contribution in [1.29, 1.82) is 0 Å². The van der Waals surface area contributed by atoms with Crippen LogP contribution in [0.15, 0.2) is 18.6 Å². The Hall–Kier alpha value is -2.31. The predicted octanol–water partition coefficient (Wildman–Crippen LogP) is 2.00. The number of rotatable bonds is 5. The number of carboxylic acid groups (broad SMARTS) is 1. The van der Waals surface area contributed by atoms with Crippen LogP contribution in [0.2, 0.25) is 0 Å². The fourth-order valence-corrected chi connectivity index (χ4v) is 3.23. The van der Waals surface area contributed by atoms with Crippen molar-refractivity contribution in [3.05, 3.63) is 35.7 Å². The van der Waals surface area contributed by atoms with E-state index in [2.05, 4.69) is 20.3 Å². The van der Waals surface area contributed by atoms with Crippen molar-refractivity contribution in [3.63, 3.8) is 0 Å². The molecule has 122 valence electrons. The first-order valence-electron chi connectivity index (χ1n) is 7.97. The Morgan fingerprint density at radius 3 is 2.61 bits per heavy atom. The molecule has 0 unspecified atom stereocenters. The molecule has 0 spiro atoms. The minimum absolute atomic E-state index is 0.451. The zero-order valence-corrected chi connectivity index (χ0v) is 13.3. The highest BCUT2D eigenvalue weighted by Crippen LogP contribution is 2.39. The van der Waals surface area contributed by atoms with E-state index in [-0.39, 0.29) is 0 Å². The van der Waals surface area contributed by atoms with Crippen molar-refractivity contribution in [1.82, 2.24) is 25.0 Å². The molecule has 0 saturated heterocycles. The van der Waals surface area contributed by atoms with Gasteiger partial charge in [-0.3, -0.25) is 4.79 Å². The lowest BCUT2D eigenvalue weighted by Gasteiger charge is -2.32. The molecule has 23 heavy (non-hydrogen) atoms. The van der Waals surface area contributed by atoms with Crippen LogP contribution in [0.25, 0.3) is 0 Å². The molecule has 1 aliphatic carbocycles. The van der Waals surface area contributed by atoms with Gasteiger partial charge >= 0.3 is 5.97 Å². The summed E-state index contributed by atoms with van der Waals surface area (Å²) in [4.78, 5) is 20.1. The van der Waals surface area contributed by atoms with E-state index in [4.69, 9.17) is 0 Å². The molecule has 0 bridgehead atoms. The largest absolute Gasteiger partial charge is 0.481 e. The summed E-state index contributed by atoms with van der Waals surface area (Å²) in [5.41, 5.74) is 1.01. The molecule has 2 aromatic heterocycles. The number of carboxylic acids is 1. The van der Waals surface area contributed by atoms with Gasteiger partial charge in [0, 0.05) is 30.6 Å². The number of aliphatic carboxylic acids is 1. The maximum atomic E-state index is 11.7. The number of hydrogen-bond donors (Lipinski definition) is 1. The van der Waals surface area contributed by atoms with E-state index in [9.17, 15) is 9.90 Å². The van der Waals surface area contributed by atoms with Gasteiger partial charge in [-0.15, -0.1) is 5.10 Å². The first-order chi connectivity index (χ1) is 11.1. The molecule has 7 heteroatoms. The van der Waals surface area contributed by atoms with Gasteiger partial charge in [-0.25, -0.2) is 14.6 Å². The second kappa shape index (κ2) is 6.44. The minimum atomic E-state index is -0.710. The van der Waals surface area contributed by atoms with Gasteiger partial charge < -0.3 is 5.11 Å². The second-order valence-corrected chi connectivity index (χ2v) is 6.37. The molecule has 1 fully saturated rings. The topological polar surface area (TPSA) is 93.8 Å². The second-order valence-electron chi connectivity index (χ2n) is 6.37. The number of aryl methyl sites for hydroxylation is 1. The predicted molar refractivity (Wildman–Crippen MR) is 82.8 cm³/mol. The summed E-state index contributed by atoms with van der Waals surface area (Å²) in [5.74, 6) is 0.0208. The van der Waals surface area contributed by atoms with Crippen LogP contribution < -0.4 is 0 Å². The fraction of sp³-hybridized carbons (Fsp3) is 0.562. The van der Waals surface area contributed by atoms with Crippen LogP contribution >= 0.6 is 0 Å². The molecule has 1 saturated carbocycles. The van der Waals surface area contributed by atoms with Crippen LogP contribution in [0.1, 0.15) is 49.2 Å². The Bertz CT molecular complexity index is 674. The summed E-state index contributed by atoms with van der Waals surface area (Å²) in [6, 6.07) is 0. The minimum Gasteiger partial charge on any atom is -0.481 e. The summed E-state index contributed by atoms with van der Waals surface area (Å²) in [7, 11) is 0. The highest BCUT2D eigenvalue weighted by molar-refractivity contribution is 5.75. The van der Waals surface area contributed by atoms with Crippen molar-refractivity contribution in [2.45, 2.75) is 52.0 Å². The number of hydrogen-bond acceptors (Lipinski definition) is 5. The van der Waals surface area contributed by atoms with Crippen LogP contribution in [0.3, 0.4) is 0 Å². The van der Waals surface area contributed by atoms with E-state index >= 15 is 0 Å². The molecule has 2 heterocycles. The number of aromatic nitrogens is 5. The molecule has 7 nitrogen and oxygen atoms in total. The summed E-state index contributed by atoms with van der Waals surface area (Å²) < 4.78 is 1.71. The van der Waals surface area contributed by atoms with Gasteiger partial charge in [0.25, 0.3) is 0 Å². The summed E-state index contributed by atoms with van der Waals surface area (Å²) in [5, 5.41) is 17.9. The smallest absolute Gasteiger partial charge is 0.310 e. The highest BCUT2D eigenvalue weighted by Gasteiger charge is 2.40. The van der Waals surface area contributed by atoms with Crippen LogP contribution in [-0.2, 0) is 17.8 Å². The van der Waals surface area contributed by atoms with E-state index in [0.29, 0.717) is 13.0 Å². The molecule has 0 aliphatic heterocycles. The molecule has 3 rings (SSSR count). The highest BCUT2D eigenvalue weighted by atomic mass is 16.4. The van der Waals surface area contributed by atoms with Crippen molar-refractivity contribution in [3.8, 4) is 0 Å². The van der Waals surface area contributed by atoms with Gasteiger partial charge in [-0.05, 0) is 19.8 Å². The molecule has 1 N–H and O–H groups in total. The van der Waals surface area contributed by atoms with Crippen LogP contribution in [-0.4, -0.2) is 36.0 Å². The Kier molecular flexibility index (Phi) is 4.36. The van der Waals surface area contributed by atoms with Crippen molar-refractivity contribution in [2.75, 3.05) is 0 Å². The Labute approximate surface area is 134 Å². The van der Waals surface area contributed by atoms with Crippen LogP contribution in [0, 0.1) is 12.3 Å². The third kappa shape index (κ3) is 3.55. The monoisotopic (exact) mass is 315 g/mol. The van der Waals surface area contributed by atoms with Crippen molar-refractivity contribution >= 4 is 5.97 Å². The van der Waals surface area contributed by atoms with Crippen molar-refractivity contribution in [2.24, 2.45) is 5.41 Å². The number of carbonyl (C=O) groups is 1. The van der Waals surface area contributed by atoms with Gasteiger partial charge in [0.05, 0.1) is 17.7 Å². The maximum Gasteiger partial charge on any atom is 0.310 e. The number of nitrogens with zero attached hydrogens (tertiary/aromatic N) is 5. The zero-order valence-electron chi connectivity index (χ0n) is 13.3. The average Bonchev–Trinajstić information content (AvgIpc) is 2.97. The molecular weight excluding hydrogens is 294 g/mol. The molecule has 0 aromatic carbocycles. The van der Waals surface area contributed by atoms with E-state index in [1.54, 1.807) is 17.1 Å². The zero-order chi connectivity index (χ0) is 16.3. The third-order valence-electron chi connectivity index (χ3n) is 4.55. The van der Waals surface area contributed by atoms with Gasteiger partial charge in [0.15, 0.2) is 0 Å². The van der Waals surface area contributed by atoms with E-state index < -0.39 is 11.4 Å². The maximum absolute atomic E-state index is 11.7. The normalized spacial score (nSPS) is 17.1. The van der Waals surface area contributed by atoms with Gasteiger partial charge in [0.1, 0.15) is 5.82 Å². The van der Waals surface area contributed by atoms with Gasteiger partial charge in [-0.1, -0.05) is 24.5 Å². The Balaban J connectivity index is 1.71. The van der Waals surface area contributed by atoms with Crippen LogP contribution in [0.5, 0.6) is 0 Å². The fourth-order valence-electron chi connectivity index (χ4n) is 3.23. The lowest BCUT2D eigenvalue weighted by Crippen LogP contribution is -2.35. The van der Waals surface area contributed by atoms with E-state index in [0.717, 1.165) is 49.2 Å². The van der Waals surface area contributed by atoms with Crippen molar-refractivity contribution < 1.29 is 9.90 Å². The molecule has 0 amide bonds. The quantitative estimate of drug-likeness (QED) is 0.907. The Morgan fingerprint density at radius 1 is 1.26 bits per heavy atom. The molecule has 1 aliphatic rings. The van der Waals surface area contributed by atoms with Gasteiger partial charge in [-0.2, -0.15) is 0 Å². The van der Waals surface area contributed by atoms with E-state index in [1.807, 2.05) is 13.1 Å². The molecule has 0 radical (unpaired) electrons. The lowest BCUT2D eigenvalue weighted by atomic mass is 9.71. The summed E-state index contributed by atoms with van der Waals surface area (Å²) in [6.45, 7) is 2.38. The third-order valence-corrected chi connectivity index (χ3v) is 4.55. The summed E-state index contributed by atoms with van der Waals surface area (Å²) >= 11 is 0. The van der Waals surface area contributed by atoms with Crippen LogP contribution in [0.4, 0.5) is 0 Å². The SMILES string of the molecule is Cc1ncc(Cn2cc(CC3(C(=O)O)CCCCC3)nn2)cn1. The first-order valence-corrected chi connectivity index (χ1v) is 7.97. The molecule has 2 aromatic rings. The first kappa shape index (κ1) is 15.6.